The highest BCUT2D eigenvalue weighted by Crippen LogP contribution is 2.31. The number of nitrogens with zero attached hydrogens (tertiary/aromatic N) is 3. The van der Waals surface area contributed by atoms with Crippen molar-refractivity contribution < 1.29 is 13.1 Å². The molecule has 3 rings (SSSR count). The van der Waals surface area contributed by atoms with Crippen molar-refractivity contribution in [1.82, 2.24) is 15.1 Å². The molecule has 7 nitrogen and oxygen atoms in total. The van der Waals surface area contributed by atoms with Gasteiger partial charge in [0.1, 0.15) is 5.69 Å². The second-order valence-corrected chi connectivity index (χ2v) is 6.52. The SMILES string of the molecule is Cc1cc(-c2cnc(NCC[S@@](C)=O)nc2-c2ccco2)on1. The lowest BCUT2D eigenvalue weighted by molar-refractivity contribution is 0.427. The molecule has 1 N–H and O–H groups in total. The number of nitrogens with one attached hydrogen (secondary N) is 1. The summed E-state index contributed by atoms with van der Waals surface area (Å²) in [4.78, 5) is 8.78. The highest BCUT2D eigenvalue weighted by atomic mass is 32.2. The van der Waals surface area contributed by atoms with E-state index in [1.807, 2.05) is 19.1 Å². The Balaban J connectivity index is 1.95. The highest BCUT2D eigenvalue weighted by Gasteiger charge is 2.17. The third kappa shape index (κ3) is 3.65. The molecule has 0 aromatic carbocycles. The van der Waals surface area contributed by atoms with Gasteiger partial charge in [-0.3, -0.25) is 4.21 Å². The quantitative estimate of drug-likeness (QED) is 0.741. The second kappa shape index (κ2) is 6.74. The van der Waals surface area contributed by atoms with Crippen molar-refractivity contribution in [1.29, 1.82) is 0 Å². The van der Waals surface area contributed by atoms with Crippen molar-refractivity contribution in [2.24, 2.45) is 0 Å². The maximum atomic E-state index is 11.1. The summed E-state index contributed by atoms with van der Waals surface area (Å²) in [7, 11) is -0.865. The molecule has 0 fully saturated rings. The van der Waals surface area contributed by atoms with E-state index in [0.717, 1.165) is 5.69 Å². The van der Waals surface area contributed by atoms with Crippen molar-refractivity contribution in [2.45, 2.75) is 6.92 Å². The molecule has 3 aromatic rings. The van der Waals surface area contributed by atoms with Gasteiger partial charge in [-0.2, -0.15) is 0 Å². The molecule has 3 aromatic heterocycles. The first-order valence-corrected chi connectivity index (χ1v) is 8.74. The summed E-state index contributed by atoms with van der Waals surface area (Å²) in [6.07, 6.45) is 4.91. The van der Waals surface area contributed by atoms with Crippen LogP contribution in [0.25, 0.3) is 22.8 Å². The van der Waals surface area contributed by atoms with E-state index in [0.29, 0.717) is 41.0 Å². The lowest BCUT2D eigenvalue weighted by Crippen LogP contribution is -2.12. The maximum absolute atomic E-state index is 11.1. The van der Waals surface area contributed by atoms with Gasteiger partial charge in [-0.15, -0.1) is 0 Å². The minimum absolute atomic E-state index is 0.446. The van der Waals surface area contributed by atoms with Crippen molar-refractivity contribution >= 4 is 16.7 Å². The zero-order valence-electron chi connectivity index (χ0n) is 12.8. The molecule has 0 spiro atoms. The summed E-state index contributed by atoms with van der Waals surface area (Å²) >= 11 is 0. The van der Waals surface area contributed by atoms with Crippen molar-refractivity contribution in [2.75, 3.05) is 23.9 Å². The van der Waals surface area contributed by atoms with E-state index in [9.17, 15) is 4.21 Å². The molecule has 0 amide bonds. The Kier molecular flexibility index (Phi) is 4.52. The molecule has 0 aliphatic carbocycles. The fourth-order valence-electron chi connectivity index (χ4n) is 2.05. The molecule has 8 heteroatoms. The highest BCUT2D eigenvalue weighted by molar-refractivity contribution is 7.84. The molecular formula is C15H16N4O3S. The van der Waals surface area contributed by atoms with Crippen LogP contribution in [-0.4, -0.2) is 37.9 Å². The van der Waals surface area contributed by atoms with Gasteiger partial charge in [0.2, 0.25) is 5.95 Å². The number of furan rings is 1. The maximum Gasteiger partial charge on any atom is 0.223 e. The van der Waals surface area contributed by atoms with Crippen molar-refractivity contribution in [3.8, 4) is 22.8 Å². The first-order valence-electron chi connectivity index (χ1n) is 7.02. The Labute approximate surface area is 135 Å². The largest absolute Gasteiger partial charge is 0.463 e. The van der Waals surface area contributed by atoms with Crippen LogP contribution in [0.1, 0.15) is 5.69 Å². The molecule has 0 saturated heterocycles. The van der Waals surface area contributed by atoms with Crippen LogP contribution in [0.5, 0.6) is 0 Å². The fraction of sp³-hybridized carbons (Fsp3) is 0.267. The number of hydrogen-bond acceptors (Lipinski definition) is 7. The van der Waals surface area contributed by atoms with Crippen LogP contribution in [0.3, 0.4) is 0 Å². The summed E-state index contributed by atoms with van der Waals surface area (Å²) in [5.74, 6) is 2.16. The summed E-state index contributed by atoms with van der Waals surface area (Å²) in [6.45, 7) is 2.38. The Morgan fingerprint density at radius 2 is 2.22 bits per heavy atom. The molecule has 3 heterocycles. The van der Waals surface area contributed by atoms with Crippen LogP contribution < -0.4 is 5.32 Å². The minimum Gasteiger partial charge on any atom is -0.463 e. The molecule has 0 saturated carbocycles. The molecule has 1 atom stereocenters. The van der Waals surface area contributed by atoms with Crippen molar-refractivity contribution in [3.05, 3.63) is 36.4 Å². The van der Waals surface area contributed by atoms with Crippen LogP contribution in [-0.2, 0) is 10.8 Å². The van der Waals surface area contributed by atoms with Crippen LogP contribution in [0, 0.1) is 6.92 Å². The predicted octanol–water partition coefficient (Wildman–Crippen LogP) is 2.49. The lowest BCUT2D eigenvalue weighted by Gasteiger charge is -2.07. The summed E-state index contributed by atoms with van der Waals surface area (Å²) in [5, 5.41) is 6.96. The topological polar surface area (TPSA) is 94.1 Å². The third-order valence-electron chi connectivity index (χ3n) is 3.11. The Morgan fingerprint density at radius 3 is 2.87 bits per heavy atom. The fourth-order valence-corrected chi connectivity index (χ4v) is 2.44. The van der Waals surface area contributed by atoms with E-state index < -0.39 is 10.8 Å². The number of aryl methyl sites for hydroxylation is 1. The van der Waals surface area contributed by atoms with Gasteiger partial charge in [-0.1, -0.05) is 5.16 Å². The first-order chi connectivity index (χ1) is 11.1. The molecule has 0 radical (unpaired) electrons. The van der Waals surface area contributed by atoms with E-state index in [2.05, 4.69) is 20.4 Å². The summed E-state index contributed by atoms with van der Waals surface area (Å²) in [6, 6.07) is 5.43. The summed E-state index contributed by atoms with van der Waals surface area (Å²) in [5.41, 5.74) is 2.09. The Morgan fingerprint density at radius 1 is 1.35 bits per heavy atom. The third-order valence-corrected chi connectivity index (χ3v) is 3.89. The van der Waals surface area contributed by atoms with E-state index in [1.165, 1.54) is 0 Å². The Bertz CT molecular complexity index is 814. The number of hydrogen-bond donors (Lipinski definition) is 1. The van der Waals surface area contributed by atoms with Gasteiger partial charge < -0.3 is 14.3 Å². The van der Waals surface area contributed by atoms with Gasteiger partial charge >= 0.3 is 0 Å². The van der Waals surface area contributed by atoms with E-state index in [1.54, 1.807) is 24.8 Å². The minimum atomic E-state index is -0.865. The standard InChI is InChI=1S/C15H16N4O3S/c1-10-8-13(22-19-10)11-9-17-15(16-5-7-23(2)20)18-14(11)12-4-3-6-21-12/h3-4,6,8-9H,5,7H2,1-2H3,(H,16,17,18)/t23-/m1/s1. The van der Waals surface area contributed by atoms with Gasteiger partial charge in [0.15, 0.2) is 11.5 Å². The zero-order chi connectivity index (χ0) is 16.2. The molecule has 0 aliphatic heterocycles. The lowest BCUT2D eigenvalue weighted by atomic mass is 10.1. The molecule has 23 heavy (non-hydrogen) atoms. The van der Waals surface area contributed by atoms with Crippen LogP contribution >= 0.6 is 0 Å². The monoisotopic (exact) mass is 332 g/mol. The van der Waals surface area contributed by atoms with Crippen LogP contribution in [0.2, 0.25) is 0 Å². The van der Waals surface area contributed by atoms with E-state index in [-0.39, 0.29) is 0 Å². The van der Waals surface area contributed by atoms with Gasteiger partial charge in [0.25, 0.3) is 0 Å². The average Bonchev–Trinajstić information content (AvgIpc) is 3.18. The number of aromatic nitrogens is 3. The predicted molar refractivity (Wildman–Crippen MR) is 87.4 cm³/mol. The van der Waals surface area contributed by atoms with Crippen molar-refractivity contribution in [3.63, 3.8) is 0 Å². The second-order valence-electron chi connectivity index (χ2n) is 4.97. The molecule has 0 bridgehead atoms. The smallest absolute Gasteiger partial charge is 0.223 e. The summed E-state index contributed by atoms with van der Waals surface area (Å²) < 4.78 is 21.9. The number of rotatable bonds is 6. The van der Waals surface area contributed by atoms with Gasteiger partial charge in [-0.25, -0.2) is 9.97 Å². The molecule has 0 unspecified atom stereocenters. The molecule has 120 valence electrons. The molecular weight excluding hydrogens is 316 g/mol. The van der Waals surface area contributed by atoms with Gasteiger partial charge in [-0.05, 0) is 19.1 Å². The van der Waals surface area contributed by atoms with E-state index in [4.69, 9.17) is 8.94 Å². The van der Waals surface area contributed by atoms with Gasteiger partial charge in [0, 0.05) is 41.6 Å². The van der Waals surface area contributed by atoms with Gasteiger partial charge in [0.05, 0.1) is 17.5 Å². The zero-order valence-corrected chi connectivity index (χ0v) is 13.6. The number of anilines is 1. The normalized spacial score (nSPS) is 12.3. The van der Waals surface area contributed by atoms with E-state index >= 15 is 0 Å². The molecule has 0 aliphatic rings. The Hall–Kier alpha value is -2.48. The first kappa shape index (κ1) is 15.4. The average molecular weight is 332 g/mol. The van der Waals surface area contributed by atoms with Crippen LogP contribution in [0.4, 0.5) is 5.95 Å². The van der Waals surface area contributed by atoms with Crippen LogP contribution in [0.15, 0.2) is 39.6 Å².